The van der Waals surface area contributed by atoms with E-state index in [2.05, 4.69) is 25.2 Å². The van der Waals surface area contributed by atoms with Crippen molar-refractivity contribution in [2.24, 2.45) is 0 Å². The van der Waals surface area contributed by atoms with E-state index in [1.165, 1.54) is 17.3 Å². The normalized spacial score (nSPS) is 23.0. The third kappa shape index (κ3) is 4.27. The van der Waals surface area contributed by atoms with Crippen molar-refractivity contribution >= 4 is 41.4 Å². The van der Waals surface area contributed by atoms with Gasteiger partial charge in [0.2, 0.25) is 17.8 Å². The molecule has 0 saturated carbocycles. The average Bonchev–Trinajstić information content (AvgIpc) is 2.54. The average molecular weight is 328 g/mol. The molecule has 2 aliphatic heterocycles. The number of nitrogens with one attached hydrogen (secondary N) is 1. The minimum Gasteiger partial charge on any atom is -0.378 e. The Kier molecular flexibility index (Phi) is 5.26. The van der Waals surface area contributed by atoms with Crippen LogP contribution in [0, 0.1) is 0 Å². The summed E-state index contributed by atoms with van der Waals surface area (Å²) < 4.78 is 5.34. The van der Waals surface area contributed by atoms with E-state index < -0.39 is 0 Å². The van der Waals surface area contributed by atoms with Gasteiger partial charge in [-0.15, -0.1) is 0 Å². The van der Waals surface area contributed by atoms with Crippen molar-refractivity contribution in [3.8, 4) is 0 Å². The van der Waals surface area contributed by atoms with Gasteiger partial charge >= 0.3 is 0 Å². The van der Waals surface area contributed by atoms with Gasteiger partial charge < -0.3 is 20.7 Å². The molecule has 0 aliphatic carbocycles. The van der Waals surface area contributed by atoms with Crippen molar-refractivity contribution in [3.63, 3.8) is 0 Å². The van der Waals surface area contributed by atoms with Crippen molar-refractivity contribution in [2.75, 3.05) is 66.1 Å². The highest BCUT2D eigenvalue weighted by molar-refractivity contribution is 8.06. The highest BCUT2D eigenvalue weighted by Gasteiger charge is 2.17. The van der Waals surface area contributed by atoms with E-state index in [-0.39, 0.29) is 5.95 Å². The van der Waals surface area contributed by atoms with E-state index in [9.17, 15) is 0 Å². The molecule has 7 nitrogen and oxygen atoms in total. The molecule has 1 aromatic rings. The Labute approximate surface area is 132 Å². The Morgan fingerprint density at radius 1 is 1.24 bits per heavy atom. The second-order valence-electron chi connectivity index (χ2n) is 4.87. The minimum atomic E-state index is 0.264. The molecule has 3 heterocycles. The molecule has 0 aromatic carbocycles. The molecule has 2 fully saturated rings. The topological polar surface area (TPSA) is 89.2 Å². The first-order chi connectivity index (χ1) is 10.3. The molecular formula is C12H20N6OS2. The number of aromatic nitrogens is 3. The zero-order valence-electron chi connectivity index (χ0n) is 11.8. The number of ether oxygens (including phenoxy) is 1. The Bertz CT molecular complexity index is 465. The molecule has 116 valence electrons. The lowest BCUT2D eigenvalue weighted by Crippen LogP contribution is -2.37. The molecule has 1 atom stereocenters. The number of morpholine rings is 1. The lowest BCUT2D eigenvalue weighted by Gasteiger charge is -2.27. The molecule has 1 aromatic heterocycles. The third-order valence-corrected chi connectivity index (χ3v) is 6.15. The first kappa shape index (κ1) is 15.0. The quantitative estimate of drug-likeness (QED) is 0.822. The molecule has 3 N–H and O–H groups in total. The predicted octanol–water partition coefficient (Wildman–Crippen LogP) is 0.551. The van der Waals surface area contributed by atoms with Gasteiger partial charge in [0.25, 0.3) is 0 Å². The van der Waals surface area contributed by atoms with Crippen molar-refractivity contribution in [3.05, 3.63) is 0 Å². The fourth-order valence-corrected chi connectivity index (χ4v) is 4.84. The largest absolute Gasteiger partial charge is 0.378 e. The molecule has 0 amide bonds. The predicted molar refractivity (Wildman–Crippen MR) is 89.3 cm³/mol. The lowest BCUT2D eigenvalue weighted by atomic mass is 10.4. The Hall–Kier alpha value is -0.930. The first-order valence-corrected chi connectivity index (χ1v) is 9.29. The summed E-state index contributed by atoms with van der Waals surface area (Å²) in [6, 6.07) is 0. The van der Waals surface area contributed by atoms with E-state index >= 15 is 0 Å². The fraction of sp³-hybridized carbons (Fsp3) is 0.750. The number of anilines is 3. The summed E-state index contributed by atoms with van der Waals surface area (Å²) in [7, 11) is 0. The van der Waals surface area contributed by atoms with Crippen LogP contribution in [0.25, 0.3) is 0 Å². The summed E-state index contributed by atoms with van der Waals surface area (Å²) in [5, 5.41) is 3.91. The molecular weight excluding hydrogens is 308 g/mol. The SMILES string of the molecule is Nc1nc(NCC2CSCCS2)nc(N2CCOCC2)n1. The summed E-state index contributed by atoms with van der Waals surface area (Å²) >= 11 is 4.01. The van der Waals surface area contributed by atoms with Gasteiger partial charge in [0, 0.05) is 42.1 Å². The molecule has 0 radical (unpaired) electrons. The summed E-state index contributed by atoms with van der Waals surface area (Å²) in [4.78, 5) is 15.0. The highest BCUT2D eigenvalue weighted by Crippen LogP contribution is 2.24. The van der Waals surface area contributed by atoms with E-state index in [0.717, 1.165) is 19.6 Å². The second kappa shape index (κ2) is 7.37. The second-order valence-corrected chi connectivity index (χ2v) is 7.42. The van der Waals surface area contributed by atoms with Gasteiger partial charge in [-0.1, -0.05) is 0 Å². The number of nitrogen functional groups attached to an aromatic ring is 1. The maximum Gasteiger partial charge on any atom is 0.232 e. The van der Waals surface area contributed by atoms with Crippen molar-refractivity contribution < 1.29 is 4.74 Å². The Morgan fingerprint density at radius 2 is 2.10 bits per heavy atom. The third-order valence-electron chi connectivity index (χ3n) is 3.31. The van der Waals surface area contributed by atoms with Crippen LogP contribution >= 0.6 is 23.5 Å². The van der Waals surface area contributed by atoms with Crippen LogP contribution in [-0.4, -0.2) is 70.3 Å². The van der Waals surface area contributed by atoms with Gasteiger partial charge in [-0.2, -0.15) is 38.5 Å². The highest BCUT2D eigenvalue weighted by atomic mass is 32.2. The smallest absolute Gasteiger partial charge is 0.232 e. The number of thioether (sulfide) groups is 2. The van der Waals surface area contributed by atoms with Gasteiger partial charge in [0.05, 0.1) is 13.2 Å². The molecule has 2 aliphatic rings. The maximum absolute atomic E-state index is 5.81. The molecule has 2 saturated heterocycles. The lowest BCUT2D eigenvalue weighted by molar-refractivity contribution is 0.122. The monoisotopic (exact) mass is 328 g/mol. The van der Waals surface area contributed by atoms with Crippen LogP contribution in [0.3, 0.4) is 0 Å². The van der Waals surface area contributed by atoms with Crippen molar-refractivity contribution in [2.45, 2.75) is 5.25 Å². The van der Waals surface area contributed by atoms with E-state index in [4.69, 9.17) is 10.5 Å². The molecule has 1 unspecified atom stereocenters. The van der Waals surface area contributed by atoms with Gasteiger partial charge in [0.15, 0.2) is 0 Å². The van der Waals surface area contributed by atoms with Crippen LogP contribution < -0.4 is 16.0 Å². The number of nitrogens with zero attached hydrogens (tertiary/aromatic N) is 4. The summed E-state index contributed by atoms with van der Waals surface area (Å²) in [5.74, 6) is 5.11. The minimum absolute atomic E-state index is 0.264. The molecule has 21 heavy (non-hydrogen) atoms. The molecule has 9 heteroatoms. The fourth-order valence-electron chi connectivity index (χ4n) is 2.22. The van der Waals surface area contributed by atoms with Crippen LogP contribution in [0.5, 0.6) is 0 Å². The standard InChI is InChI=1S/C12H20N6OS2/c13-10-15-11(14-7-9-8-20-5-6-21-9)17-12(16-10)18-1-3-19-4-2-18/h9H,1-8H2,(H3,13,14,15,16,17). The van der Waals surface area contributed by atoms with Crippen LogP contribution in [-0.2, 0) is 4.74 Å². The Morgan fingerprint density at radius 3 is 2.86 bits per heavy atom. The van der Waals surface area contributed by atoms with E-state index in [1.54, 1.807) is 0 Å². The first-order valence-electron chi connectivity index (χ1n) is 7.09. The van der Waals surface area contributed by atoms with Crippen molar-refractivity contribution in [1.82, 2.24) is 15.0 Å². The van der Waals surface area contributed by atoms with Crippen LogP contribution in [0.15, 0.2) is 0 Å². The molecule has 3 rings (SSSR count). The summed E-state index contributed by atoms with van der Waals surface area (Å²) in [6.07, 6.45) is 0. The summed E-state index contributed by atoms with van der Waals surface area (Å²) in [5.41, 5.74) is 5.81. The van der Waals surface area contributed by atoms with Crippen LogP contribution in [0.4, 0.5) is 17.8 Å². The summed E-state index contributed by atoms with van der Waals surface area (Å²) in [6.45, 7) is 3.84. The van der Waals surface area contributed by atoms with Crippen molar-refractivity contribution in [1.29, 1.82) is 0 Å². The van der Waals surface area contributed by atoms with Gasteiger partial charge in [0.1, 0.15) is 0 Å². The van der Waals surface area contributed by atoms with Gasteiger partial charge in [-0.05, 0) is 0 Å². The van der Waals surface area contributed by atoms with Crippen LogP contribution in [0.1, 0.15) is 0 Å². The zero-order valence-corrected chi connectivity index (χ0v) is 13.5. The van der Waals surface area contributed by atoms with Gasteiger partial charge in [-0.25, -0.2) is 0 Å². The number of hydrogen-bond donors (Lipinski definition) is 2. The Balaban J connectivity index is 1.62. The number of rotatable bonds is 4. The van der Waals surface area contributed by atoms with E-state index in [0.29, 0.717) is 30.4 Å². The van der Waals surface area contributed by atoms with Gasteiger partial charge in [-0.3, -0.25) is 0 Å². The zero-order chi connectivity index (χ0) is 14.5. The maximum atomic E-state index is 5.81. The van der Waals surface area contributed by atoms with E-state index in [1.807, 2.05) is 23.5 Å². The number of hydrogen-bond acceptors (Lipinski definition) is 9. The number of nitrogens with two attached hydrogens (primary N) is 1. The molecule has 0 spiro atoms. The van der Waals surface area contributed by atoms with Crippen LogP contribution in [0.2, 0.25) is 0 Å². The molecule has 0 bridgehead atoms.